The fourth-order valence-electron chi connectivity index (χ4n) is 2.44. The third-order valence-corrected chi connectivity index (χ3v) is 4.98. The summed E-state index contributed by atoms with van der Waals surface area (Å²) in [5.41, 5.74) is 0.431. The van der Waals surface area contributed by atoms with Crippen molar-refractivity contribution in [2.75, 3.05) is 80.2 Å². The molecule has 1 aromatic carbocycles. The van der Waals surface area contributed by atoms with Crippen LogP contribution in [0.4, 0.5) is 5.69 Å². The summed E-state index contributed by atoms with van der Waals surface area (Å²) < 4.78 is 18.1. The van der Waals surface area contributed by atoms with Gasteiger partial charge in [-0.1, -0.05) is 20.8 Å². The molecule has 0 heterocycles. The van der Waals surface area contributed by atoms with Gasteiger partial charge in [0.05, 0.1) is 5.69 Å². The van der Waals surface area contributed by atoms with E-state index in [1.807, 2.05) is 21.1 Å². The maximum absolute atomic E-state index is 10.8. The smallest absolute Gasteiger partial charge is 0.240 e. The first kappa shape index (κ1) is 25.9. The first-order chi connectivity index (χ1) is 14.4. The summed E-state index contributed by atoms with van der Waals surface area (Å²) in [5, 5.41) is 0. The van der Waals surface area contributed by atoms with Crippen LogP contribution in [0.15, 0.2) is 17.1 Å². The predicted octanol–water partition coefficient (Wildman–Crippen LogP) is 2.65. The van der Waals surface area contributed by atoms with Gasteiger partial charge in [-0.05, 0) is 40.8 Å². The van der Waals surface area contributed by atoms with Gasteiger partial charge in [-0.2, -0.15) is 4.99 Å². The molecule has 0 atom stereocenters. The van der Waals surface area contributed by atoms with Crippen LogP contribution in [-0.4, -0.2) is 101 Å². The number of benzene rings is 1. The standard InChI is InChI=1S/C22H38N4O4/c1-7-24(4)10-13-28-20-16-19(23-18-27)17-21(29-14-11-25(5)8-2)22(20)30-15-12-26(6)9-3/h16-17H,7-15H2,1-6H3. The molecule has 0 aliphatic rings. The van der Waals surface area contributed by atoms with Crippen molar-refractivity contribution in [2.24, 2.45) is 4.99 Å². The summed E-state index contributed by atoms with van der Waals surface area (Å²) >= 11 is 0. The lowest BCUT2D eigenvalue weighted by Crippen LogP contribution is -2.25. The second-order valence-corrected chi connectivity index (χ2v) is 7.21. The minimum absolute atomic E-state index is 0.431. The lowest BCUT2D eigenvalue weighted by molar-refractivity contribution is 0.197. The number of hydrogen-bond donors (Lipinski definition) is 0. The van der Waals surface area contributed by atoms with Gasteiger partial charge in [0.25, 0.3) is 0 Å². The third kappa shape index (κ3) is 9.59. The zero-order chi connectivity index (χ0) is 22.4. The van der Waals surface area contributed by atoms with Gasteiger partial charge < -0.3 is 28.9 Å². The number of isocyanates is 1. The second-order valence-electron chi connectivity index (χ2n) is 7.21. The maximum Gasteiger partial charge on any atom is 0.240 e. The first-order valence-electron chi connectivity index (χ1n) is 10.6. The Morgan fingerprint density at radius 2 is 1.17 bits per heavy atom. The number of likely N-dealkylation sites (N-methyl/N-ethyl adjacent to an activating group) is 3. The maximum atomic E-state index is 10.8. The lowest BCUT2D eigenvalue weighted by Gasteiger charge is -2.21. The molecule has 0 unspecified atom stereocenters. The fourth-order valence-corrected chi connectivity index (χ4v) is 2.44. The van der Waals surface area contributed by atoms with Gasteiger partial charge >= 0.3 is 0 Å². The highest BCUT2D eigenvalue weighted by Gasteiger charge is 2.17. The molecule has 30 heavy (non-hydrogen) atoms. The molecule has 170 valence electrons. The largest absolute Gasteiger partial charge is 0.488 e. The van der Waals surface area contributed by atoms with Gasteiger partial charge in [-0.3, -0.25) is 0 Å². The SMILES string of the molecule is CCN(C)CCOc1cc(N=C=O)cc(OCCN(C)CC)c1OCCN(C)CC. The molecule has 0 radical (unpaired) electrons. The summed E-state index contributed by atoms with van der Waals surface area (Å²) in [6.45, 7) is 12.9. The predicted molar refractivity (Wildman–Crippen MR) is 120 cm³/mol. The van der Waals surface area contributed by atoms with Crippen molar-refractivity contribution in [1.82, 2.24) is 14.7 Å². The molecule has 0 saturated carbocycles. The quantitative estimate of drug-likeness (QED) is 0.300. The zero-order valence-electron chi connectivity index (χ0n) is 19.4. The summed E-state index contributed by atoms with van der Waals surface area (Å²) in [5.74, 6) is 1.59. The van der Waals surface area contributed by atoms with Crippen molar-refractivity contribution >= 4 is 11.8 Å². The van der Waals surface area contributed by atoms with Crippen molar-refractivity contribution in [3.8, 4) is 17.2 Å². The van der Waals surface area contributed by atoms with E-state index >= 15 is 0 Å². The van der Waals surface area contributed by atoms with Gasteiger partial charge in [0, 0.05) is 31.8 Å². The van der Waals surface area contributed by atoms with Crippen molar-refractivity contribution in [3.63, 3.8) is 0 Å². The molecule has 0 fully saturated rings. The van der Waals surface area contributed by atoms with E-state index in [0.29, 0.717) is 42.8 Å². The topological polar surface area (TPSA) is 66.8 Å². The Kier molecular flexibility index (Phi) is 12.8. The normalized spacial score (nSPS) is 11.1. The van der Waals surface area contributed by atoms with Gasteiger partial charge in [0.15, 0.2) is 11.5 Å². The Balaban J connectivity index is 3.08. The molecule has 0 amide bonds. The van der Waals surface area contributed by atoms with Crippen LogP contribution in [0.2, 0.25) is 0 Å². The summed E-state index contributed by atoms with van der Waals surface area (Å²) in [4.78, 5) is 21.1. The number of rotatable bonds is 16. The molecule has 0 spiro atoms. The molecular weight excluding hydrogens is 384 g/mol. The molecular formula is C22H38N4O4. The van der Waals surface area contributed by atoms with Crippen molar-refractivity contribution in [2.45, 2.75) is 20.8 Å². The summed E-state index contributed by atoms with van der Waals surface area (Å²) in [6.07, 6.45) is 1.59. The van der Waals surface area contributed by atoms with E-state index in [1.54, 1.807) is 18.2 Å². The molecule has 0 aliphatic carbocycles. The fraction of sp³-hybridized carbons (Fsp3) is 0.682. The average molecular weight is 423 g/mol. The van der Waals surface area contributed by atoms with Gasteiger partial charge in [0.2, 0.25) is 11.8 Å². The number of aliphatic imine (C=N–C) groups is 1. The Hall–Kier alpha value is -2.12. The minimum Gasteiger partial charge on any atom is -0.488 e. The molecule has 8 heteroatoms. The van der Waals surface area contributed by atoms with Crippen molar-refractivity contribution in [3.05, 3.63) is 12.1 Å². The highest BCUT2D eigenvalue weighted by molar-refractivity contribution is 5.62. The van der Waals surface area contributed by atoms with E-state index in [9.17, 15) is 4.79 Å². The monoisotopic (exact) mass is 422 g/mol. The van der Waals surface area contributed by atoms with E-state index in [0.717, 1.165) is 39.3 Å². The Morgan fingerprint density at radius 3 is 1.53 bits per heavy atom. The van der Waals surface area contributed by atoms with Crippen LogP contribution in [0.5, 0.6) is 17.2 Å². The Morgan fingerprint density at radius 1 is 0.767 bits per heavy atom. The molecule has 0 aliphatic heterocycles. The van der Waals surface area contributed by atoms with Gasteiger partial charge in [-0.25, -0.2) is 4.79 Å². The molecule has 1 aromatic rings. The summed E-state index contributed by atoms with van der Waals surface area (Å²) in [7, 11) is 6.11. The lowest BCUT2D eigenvalue weighted by atomic mass is 10.2. The minimum atomic E-state index is 0.431. The number of hydrogen-bond acceptors (Lipinski definition) is 8. The number of nitrogens with zero attached hydrogens (tertiary/aromatic N) is 4. The van der Waals surface area contributed by atoms with Crippen molar-refractivity contribution < 1.29 is 19.0 Å². The van der Waals surface area contributed by atoms with E-state index < -0.39 is 0 Å². The van der Waals surface area contributed by atoms with Gasteiger partial charge in [0.1, 0.15) is 19.8 Å². The summed E-state index contributed by atoms with van der Waals surface area (Å²) in [6, 6.07) is 3.39. The van der Waals surface area contributed by atoms with Crippen molar-refractivity contribution in [1.29, 1.82) is 0 Å². The Bertz CT molecular complexity index is 628. The van der Waals surface area contributed by atoms with Crippen LogP contribution in [0.3, 0.4) is 0 Å². The van der Waals surface area contributed by atoms with E-state index in [4.69, 9.17) is 14.2 Å². The van der Waals surface area contributed by atoms with Crippen LogP contribution in [-0.2, 0) is 4.79 Å². The first-order valence-corrected chi connectivity index (χ1v) is 10.6. The molecule has 1 rings (SSSR count). The molecule has 0 bridgehead atoms. The molecule has 8 nitrogen and oxygen atoms in total. The van der Waals surface area contributed by atoms with Crippen LogP contribution >= 0.6 is 0 Å². The van der Waals surface area contributed by atoms with E-state index in [-0.39, 0.29) is 0 Å². The molecule has 0 saturated heterocycles. The highest BCUT2D eigenvalue weighted by atomic mass is 16.5. The second kappa shape index (κ2) is 14.8. The number of carbonyl (C=O) groups excluding carboxylic acids is 1. The van der Waals surface area contributed by atoms with Crippen LogP contribution in [0.25, 0.3) is 0 Å². The zero-order valence-corrected chi connectivity index (χ0v) is 19.4. The Labute approximate surface area is 181 Å². The van der Waals surface area contributed by atoms with Crippen LogP contribution < -0.4 is 14.2 Å². The van der Waals surface area contributed by atoms with E-state index in [1.165, 1.54) is 0 Å². The van der Waals surface area contributed by atoms with E-state index in [2.05, 4.69) is 40.5 Å². The molecule has 0 N–H and O–H groups in total. The average Bonchev–Trinajstić information content (AvgIpc) is 2.74. The highest BCUT2D eigenvalue weighted by Crippen LogP contribution is 2.41. The third-order valence-electron chi connectivity index (χ3n) is 4.98. The van der Waals surface area contributed by atoms with Gasteiger partial charge in [-0.15, -0.1) is 0 Å². The number of ether oxygens (including phenoxy) is 3. The molecule has 0 aromatic heterocycles. The van der Waals surface area contributed by atoms with Crippen LogP contribution in [0, 0.1) is 0 Å². The van der Waals surface area contributed by atoms with Crippen LogP contribution in [0.1, 0.15) is 20.8 Å².